The molecule has 2 rings (SSSR count). The second kappa shape index (κ2) is 5.48. The normalized spacial score (nSPS) is 21.7. The van der Waals surface area contributed by atoms with Crippen LogP contribution in [0.25, 0.3) is 0 Å². The van der Waals surface area contributed by atoms with Crippen LogP contribution in [0.15, 0.2) is 11.4 Å². The van der Waals surface area contributed by atoms with E-state index in [4.69, 9.17) is 5.73 Å². The van der Waals surface area contributed by atoms with Crippen molar-refractivity contribution in [3.63, 3.8) is 0 Å². The molecule has 0 radical (unpaired) electrons. The fourth-order valence-electron chi connectivity index (χ4n) is 2.50. The molecule has 108 valence electrons. The largest absolute Gasteiger partial charge is 0.381 e. The number of aromatic nitrogens is 2. The van der Waals surface area contributed by atoms with Gasteiger partial charge in [0.15, 0.2) is 10.8 Å². The average Bonchev–Trinajstić information content (AvgIpc) is 2.67. The number of piperidine rings is 1. The maximum Gasteiger partial charge on any atom is 0.260 e. The van der Waals surface area contributed by atoms with Gasteiger partial charge >= 0.3 is 0 Å². The van der Waals surface area contributed by atoms with Gasteiger partial charge in [-0.2, -0.15) is 0 Å². The average molecular weight is 287 g/mol. The Bertz CT molecular complexity index is 520. The van der Waals surface area contributed by atoms with Gasteiger partial charge in [-0.1, -0.05) is 0 Å². The van der Waals surface area contributed by atoms with Crippen molar-refractivity contribution in [3.05, 3.63) is 6.33 Å². The monoisotopic (exact) mass is 287 g/mol. The topological polar surface area (TPSA) is 93.2 Å². The van der Waals surface area contributed by atoms with Gasteiger partial charge in [-0.05, 0) is 32.4 Å². The third-order valence-electron chi connectivity index (χ3n) is 3.45. The van der Waals surface area contributed by atoms with E-state index in [1.165, 1.54) is 10.9 Å². The fourth-order valence-corrected chi connectivity index (χ4v) is 3.85. The van der Waals surface area contributed by atoms with E-state index in [2.05, 4.69) is 21.7 Å². The first-order chi connectivity index (χ1) is 8.90. The summed E-state index contributed by atoms with van der Waals surface area (Å²) in [7, 11) is 0.0845. The molecule has 0 saturated carbocycles. The lowest BCUT2D eigenvalue weighted by Crippen LogP contribution is -2.39. The Kier molecular flexibility index (Phi) is 4.12. The molecule has 8 heteroatoms. The minimum Gasteiger partial charge on any atom is -0.381 e. The van der Waals surface area contributed by atoms with Crippen LogP contribution in [0.5, 0.6) is 0 Å². The van der Waals surface area contributed by atoms with E-state index in [0.717, 1.165) is 25.9 Å². The Morgan fingerprint density at radius 1 is 1.53 bits per heavy atom. The predicted molar refractivity (Wildman–Crippen MR) is 73.0 cm³/mol. The molecule has 1 aliphatic heterocycles. The van der Waals surface area contributed by atoms with Crippen molar-refractivity contribution < 1.29 is 8.42 Å². The summed E-state index contributed by atoms with van der Waals surface area (Å²) in [6.07, 6.45) is 3.56. The lowest BCUT2D eigenvalue weighted by Gasteiger charge is -2.29. The predicted octanol–water partition coefficient (Wildman–Crippen LogP) is -0.378. The Morgan fingerprint density at radius 2 is 2.26 bits per heavy atom. The van der Waals surface area contributed by atoms with Crippen molar-refractivity contribution in [2.45, 2.75) is 17.9 Å². The zero-order valence-corrected chi connectivity index (χ0v) is 12.2. The Labute approximate surface area is 113 Å². The minimum atomic E-state index is -3.59. The molecule has 0 aliphatic carbocycles. The van der Waals surface area contributed by atoms with Gasteiger partial charge in [0.2, 0.25) is 0 Å². The van der Waals surface area contributed by atoms with Crippen molar-refractivity contribution >= 4 is 15.8 Å². The molecule has 19 heavy (non-hydrogen) atoms. The first-order valence-corrected chi connectivity index (χ1v) is 7.83. The summed E-state index contributed by atoms with van der Waals surface area (Å²) in [5, 5.41) is 0.0386. The number of imidazole rings is 1. The van der Waals surface area contributed by atoms with Crippen molar-refractivity contribution in [3.8, 4) is 0 Å². The second-order valence-electron chi connectivity index (χ2n) is 5.17. The lowest BCUT2D eigenvalue weighted by molar-refractivity contribution is 0.211. The van der Waals surface area contributed by atoms with Gasteiger partial charge in [0, 0.05) is 20.1 Å². The zero-order valence-electron chi connectivity index (χ0n) is 11.3. The number of sulfonamides is 1. The Hall–Kier alpha value is -1.12. The number of anilines is 1. The second-order valence-corrected chi connectivity index (χ2v) is 6.85. The molecule has 0 spiro atoms. The maximum absolute atomic E-state index is 12.2. The standard InChI is InChI=1S/C11H21N5O2S/c1-15-5-3-4-9(7-15)6-14-19(17,18)11-10(12)13-8-16(11)2/h8-9,14H,3-7,12H2,1-2H3. The van der Waals surface area contributed by atoms with Gasteiger partial charge in [-0.25, -0.2) is 18.1 Å². The smallest absolute Gasteiger partial charge is 0.260 e. The van der Waals surface area contributed by atoms with Crippen LogP contribution in [0.3, 0.4) is 0 Å². The molecule has 1 saturated heterocycles. The molecule has 7 nitrogen and oxygen atoms in total. The number of hydrogen-bond acceptors (Lipinski definition) is 5. The highest BCUT2D eigenvalue weighted by molar-refractivity contribution is 7.89. The quantitative estimate of drug-likeness (QED) is 0.787. The number of likely N-dealkylation sites (tertiary alicyclic amines) is 1. The highest BCUT2D eigenvalue weighted by Crippen LogP contribution is 2.17. The lowest BCUT2D eigenvalue weighted by atomic mass is 9.99. The van der Waals surface area contributed by atoms with Crippen LogP contribution < -0.4 is 10.5 Å². The molecule has 1 aromatic rings. The van der Waals surface area contributed by atoms with Crippen LogP contribution in [0.2, 0.25) is 0 Å². The first-order valence-electron chi connectivity index (χ1n) is 6.35. The molecule has 1 unspecified atom stereocenters. The summed E-state index contributed by atoms with van der Waals surface area (Å²) < 4.78 is 28.4. The number of nitrogen functional groups attached to an aromatic ring is 1. The van der Waals surface area contributed by atoms with Crippen molar-refractivity contribution in [1.29, 1.82) is 0 Å². The van der Waals surface area contributed by atoms with Gasteiger partial charge in [-0.3, -0.25) is 0 Å². The molecule has 1 aliphatic rings. The van der Waals surface area contributed by atoms with Gasteiger partial charge in [0.25, 0.3) is 10.0 Å². The molecule has 0 aromatic carbocycles. The van der Waals surface area contributed by atoms with Gasteiger partial charge < -0.3 is 15.2 Å². The van der Waals surface area contributed by atoms with E-state index in [1.54, 1.807) is 7.05 Å². The molecular formula is C11H21N5O2S. The number of nitrogens with two attached hydrogens (primary N) is 1. The summed E-state index contributed by atoms with van der Waals surface area (Å²) in [6, 6.07) is 0. The SMILES string of the molecule is CN1CCCC(CNS(=O)(=O)c2c(N)ncn2C)C1. The molecule has 3 N–H and O–H groups in total. The van der Waals surface area contributed by atoms with Crippen molar-refractivity contribution in [2.24, 2.45) is 13.0 Å². The van der Waals surface area contributed by atoms with Crippen molar-refractivity contribution in [2.75, 3.05) is 32.4 Å². The highest BCUT2D eigenvalue weighted by atomic mass is 32.2. The summed E-state index contributed by atoms with van der Waals surface area (Å²) in [5.41, 5.74) is 5.60. The number of nitrogens with one attached hydrogen (secondary N) is 1. The van der Waals surface area contributed by atoms with Crippen LogP contribution in [0.4, 0.5) is 5.82 Å². The summed E-state index contributed by atoms with van der Waals surface area (Å²) in [5.74, 6) is 0.388. The van der Waals surface area contributed by atoms with Gasteiger partial charge in [0.1, 0.15) is 0 Å². The Balaban J connectivity index is 2.02. The van der Waals surface area contributed by atoms with E-state index in [9.17, 15) is 8.42 Å². The third kappa shape index (κ3) is 3.26. The van der Waals surface area contributed by atoms with Crippen LogP contribution in [-0.2, 0) is 17.1 Å². The first kappa shape index (κ1) is 14.3. The van der Waals surface area contributed by atoms with Crippen molar-refractivity contribution in [1.82, 2.24) is 19.2 Å². The zero-order chi connectivity index (χ0) is 14.0. The molecular weight excluding hydrogens is 266 g/mol. The van der Waals surface area contributed by atoms with Crippen LogP contribution >= 0.6 is 0 Å². The van der Waals surface area contributed by atoms with E-state index >= 15 is 0 Å². The fraction of sp³-hybridized carbons (Fsp3) is 0.727. The third-order valence-corrected chi connectivity index (χ3v) is 5.00. The van der Waals surface area contributed by atoms with E-state index in [0.29, 0.717) is 12.5 Å². The maximum atomic E-state index is 12.2. The molecule has 1 fully saturated rings. The van der Waals surface area contributed by atoms with Crippen LogP contribution in [-0.4, -0.2) is 49.6 Å². The summed E-state index contributed by atoms with van der Waals surface area (Å²) in [6.45, 7) is 2.44. The number of rotatable bonds is 4. The van der Waals surface area contributed by atoms with Crippen LogP contribution in [0, 0.1) is 5.92 Å². The highest BCUT2D eigenvalue weighted by Gasteiger charge is 2.24. The molecule has 1 aromatic heterocycles. The molecule has 0 bridgehead atoms. The number of aryl methyl sites for hydroxylation is 1. The summed E-state index contributed by atoms with van der Waals surface area (Å²) >= 11 is 0. The number of nitrogens with zero attached hydrogens (tertiary/aromatic N) is 3. The molecule has 0 amide bonds. The minimum absolute atomic E-state index is 0.0377. The van der Waals surface area contributed by atoms with Gasteiger partial charge in [-0.15, -0.1) is 0 Å². The summed E-state index contributed by atoms with van der Waals surface area (Å²) in [4.78, 5) is 6.03. The van der Waals surface area contributed by atoms with E-state index in [1.807, 2.05) is 0 Å². The van der Waals surface area contributed by atoms with Gasteiger partial charge in [0.05, 0.1) is 6.33 Å². The molecule has 1 atom stereocenters. The van der Waals surface area contributed by atoms with E-state index < -0.39 is 10.0 Å². The van der Waals surface area contributed by atoms with Crippen LogP contribution in [0.1, 0.15) is 12.8 Å². The Morgan fingerprint density at radius 3 is 2.84 bits per heavy atom. The van der Waals surface area contributed by atoms with E-state index in [-0.39, 0.29) is 10.8 Å². The number of hydrogen-bond donors (Lipinski definition) is 2. The molecule has 2 heterocycles.